The van der Waals surface area contributed by atoms with Crippen molar-refractivity contribution in [3.8, 4) is 5.75 Å². The fourth-order valence-electron chi connectivity index (χ4n) is 4.88. The first-order chi connectivity index (χ1) is 17.0. The Bertz CT molecular complexity index is 1180. The molecule has 0 saturated carbocycles. The van der Waals surface area contributed by atoms with E-state index in [-0.39, 0.29) is 10.8 Å². The van der Waals surface area contributed by atoms with Crippen LogP contribution in [0, 0.1) is 0 Å². The minimum atomic E-state index is -1.02. The molecule has 0 heterocycles. The Morgan fingerprint density at radius 2 is 1.33 bits per heavy atom. The van der Waals surface area contributed by atoms with Gasteiger partial charge in [0.1, 0.15) is 5.75 Å². The maximum absolute atomic E-state index is 10.9. The molecular weight excluding hydrogens is 440 g/mol. The molecule has 36 heavy (non-hydrogen) atoms. The zero-order chi connectivity index (χ0) is 26.3. The first-order valence-electron chi connectivity index (χ1n) is 12.9. The highest BCUT2D eigenvalue weighted by Crippen LogP contribution is 2.45. The Labute approximate surface area is 218 Å². The van der Waals surface area contributed by atoms with Crippen molar-refractivity contribution >= 4 is 0 Å². The molecule has 2 nitrogen and oxygen atoms in total. The Hall–Kier alpha value is -3.10. The molecule has 1 atom stereocenters. The summed E-state index contributed by atoms with van der Waals surface area (Å²) in [7, 11) is 0. The standard InChI is InChI=1S/C34H42O2/c1-25(2)16-14-17-26(3)24-31(35)36-30-23-15-22-29(33(4,5)27-18-10-8-11-19-27)32(30)34(6,7)28-20-12-9-13-21-28/h8-13,15-16,18-24,31,35H,14,17H2,1-7H3. The Morgan fingerprint density at radius 3 is 1.89 bits per heavy atom. The van der Waals surface area contributed by atoms with Crippen molar-refractivity contribution in [3.63, 3.8) is 0 Å². The van der Waals surface area contributed by atoms with Crippen molar-refractivity contribution < 1.29 is 9.84 Å². The third kappa shape index (κ3) is 6.56. The molecule has 0 bridgehead atoms. The summed E-state index contributed by atoms with van der Waals surface area (Å²) >= 11 is 0. The van der Waals surface area contributed by atoms with Crippen LogP contribution < -0.4 is 4.74 Å². The molecule has 3 rings (SSSR count). The molecule has 0 amide bonds. The summed E-state index contributed by atoms with van der Waals surface area (Å²) < 4.78 is 6.29. The van der Waals surface area contributed by atoms with Crippen molar-refractivity contribution in [2.45, 2.75) is 78.4 Å². The van der Waals surface area contributed by atoms with Gasteiger partial charge in [0.15, 0.2) is 0 Å². The van der Waals surface area contributed by atoms with Crippen molar-refractivity contribution in [1.82, 2.24) is 0 Å². The Morgan fingerprint density at radius 1 is 0.778 bits per heavy atom. The maximum Gasteiger partial charge on any atom is 0.217 e. The highest BCUT2D eigenvalue weighted by molar-refractivity contribution is 5.55. The third-order valence-corrected chi connectivity index (χ3v) is 7.08. The van der Waals surface area contributed by atoms with E-state index in [4.69, 9.17) is 4.74 Å². The van der Waals surface area contributed by atoms with E-state index in [1.165, 1.54) is 22.3 Å². The molecule has 0 saturated heterocycles. The van der Waals surface area contributed by atoms with Crippen LogP contribution in [-0.2, 0) is 10.8 Å². The summed E-state index contributed by atoms with van der Waals surface area (Å²) in [5, 5.41) is 10.9. The lowest BCUT2D eigenvalue weighted by Crippen LogP contribution is -2.29. The molecule has 0 spiro atoms. The molecule has 3 aromatic carbocycles. The topological polar surface area (TPSA) is 29.5 Å². The van der Waals surface area contributed by atoms with Gasteiger partial charge in [-0.2, -0.15) is 0 Å². The van der Waals surface area contributed by atoms with Crippen LogP contribution in [0.5, 0.6) is 5.75 Å². The number of hydrogen-bond donors (Lipinski definition) is 1. The van der Waals surface area contributed by atoms with Crippen molar-refractivity contribution in [3.05, 3.63) is 124 Å². The largest absolute Gasteiger partial charge is 0.461 e. The van der Waals surface area contributed by atoms with Crippen molar-refractivity contribution in [2.75, 3.05) is 0 Å². The number of ether oxygens (including phenoxy) is 1. The molecule has 0 radical (unpaired) electrons. The molecule has 0 aliphatic carbocycles. The van der Waals surface area contributed by atoms with Crippen LogP contribution in [-0.4, -0.2) is 11.4 Å². The molecule has 2 heteroatoms. The van der Waals surface area contributed by atoms with Gasteiger partial charge in [-0.1, -0.05) is 118 Å². The van der Waals surface area contributed by atoms with Gasteiger partial charge in [0.2, 0.25) is 6.29 Å². The number of hydrogen-bond acceptors (Lipinski definition) is 2. The molecule has 1 N–H and O–H groups in total. The second kappa shape index (κ2) is 11.8. The molecule has 3 aromatic rings. The summed E-state index contributed by atoms with van der Waals surface area (Å²) in [6.45, 7) is 15.3. The van der Waals surface area contributed by atoms with Gasteiger partial charge < -0.3 is 9.84 Å². The van der Waals surface area contributed by atoms with Gasteiger partial charge in [-0.3, -0.25) is 0 Å². The first kappa shape index (κ1) is 27.5. The quantitative estimate of drug-likeness (QED) is 0.231. The van der Waals surface area contributed by atoms with E-state index in [0.717, 1.165) is 24.0 Å². The summed E-state index contributed by atoms with van der Waals surface area (Å²) in [4.78, 5) is 0. The van der Waals surface area contributed by atoms with E-state index in [0.29, 0.717) is 5.75 Å². The van der Waals surface area contributed by atoms with Crippen molar-refractivity contribution in [1.29, 1.82) is 0 Å². The van der Waals surface area contributed by atoms with Crippen LogP contribution in [0.25, 0.3) is 0 Å². The van der Waals surface area contributed by atoms with Gasteiger partial charge in [-0.15, -0.1) is 0 Å². The average molecular weight is 483 g/mol. The van der Waals surface area contributed by atoms with Gasteiger partial charge in [0.25, 0.3) is 0 Å². The van der Waals surface area contributed by atoms with E-state index < -0.39 is 6.29 Å². The number of aliphatic hydroxyl groups is 1. The van der Waals surface area contributed by atoms with Crippen molar-refractivity contribution in [2.24, 2.45) is 0 Å². The van der Waals surface area contributed by atoms with Gasteiger partial charge in [-0.25, -0.2) is 0 Å². The van der Waals surface area contributed by atoms with E-state index in [2.05, 4.69) is 115 Å². The Balaban J connectivity index is 2.08. The zero-order valence-electron chi connectivity index (χ0n) is 23.0. The van der Waals surface area contributed by atoms with Crippen LogP contribution >= 0.6 is 0 Å². The third-order valence-electron chi connectivity index (χ3n) is 7.08. The van der Waals surface area contributed by atoms with E-state index in [9.17, 15) is 5.11 Å². The van der Waals surface area contributed by atoms with Crippen LogP contribution in [0.15, 0.2) is 102 Å². The number of rotatable bonds is 10. The molecule has 190 valence electrons. The number of allylic oxidation sites excluding steroid dienone is 3. The molecule has 0 aliphatic heterocycles. The van der Waals surface area contributed by atoms with Crippen LogP contribution in [0.4, 0.5) is 0 Å². The predicted molar refractivity (Wildman–Crippen MR) is 153 cm³/mol. The fourth-order valence-corrected chi connectivity index (χ4v) is 4.88. The second-order valence-corrected chi connectivity index (χ2v) is 11.0. The van der Waals surface area contributed by atoms with Gasteiger partial charge >= 0.3 is 0 Å². The van der Waals surface area contributed by atoms with Crippen LogP contribution in [0.2, 0.25) is 0 Å². The molecule has 1 unspecified atom stereocenters. The monoisotopic (exact) mass is 482 g/mol. The second-order valence-electron chi connectivity index (χ2n) is 11.0. The molecule has 0 fully saturated rings. The maximum atomic E-state index is 10.9. The summed E-state index contributed by atoms with van der Waals surface area (Å²) in [5.74, 6) is 0.714. The SMILES string of the molecule is CC(C)=CCCC(C)=CC(O)Oc1cccc(C(C)(C)c2ccccc2)c1C(C)(C)c1ccccc1. The van der Waals surface area contributed by atoms with E-state index in [1.54, 1.807) is 0 Å². The lowest BCUT2D eigenvalue weighted by molar-refractivity contribution is 0.0226. The van der Waals surface area contributed by atoms with Crippen LogP contribution in [0.1, 0.15) is 83.6 Å². The first-order valence-corrected chi connectivity index (χ1v) is 12.9. The molecule has 0 aliphatic rings. The summed E-state index contributed by atoms with van der Waals surface area (Å²) in [6.07, 6.45) is 4.89. The minimum absolute atomic E-state index is 0.261. The lowest BCUT2D eigenvalue weighted by atomic mass is 9.68. The van der Waals surface area contributed by atoms with E-state index in [1.807, 2.05) is 24.3 Å². The van der Waals surface area contributed by atoms with Gasteiger partial charge in [0, 0.05) is 16.4 Å². The zero-order valence-corrected chi connectivity index (χ0v) is 23.0. The highest BCUT2D eigenvalue weighted by atomic mass is 16.6. The number of benzene rings is 3. The molecule has 0 aromatic heterocycles. The Kier molecular flexibility index (Phi) is 8.98. The fraction of sp³-hybridized carbons (Fsp3) is 0.353. The van der Waals surface area contributed by atoms with E-state index >= 15 is 0 Å². The van der Waals surface area contributed by atoms with Gasteiger partial charge in [0.05, 0.1) is 0 Å². The lowest BCUT2D eigenvalue weighted by Gasteiger charge is -2.37. The number of aliphatic hydroxyl groups excluding tert-OH is 1. The smallest absolute Gasteiger partial charge is 0.217 e. The normalized spacial score (nSPS) is 13.3. The summed E-state index contributed by atoms with van der Waals surface area (Å²) in [6, 6.07) is 27.4. The van der Waals surface area contributed by atoms with Gasteiger partial charge in [-0.05, 0) is 62.4 Å². The predicted octanol–water partition coefficient (Wildman–Crippen LogP) is 8.73. The highest BCUT2D eigenvalue weighted by Gasteiger charge is 2.36. The summed E-state index contributed by atoms with van der Waals surface area (Å²) in [5.41, 5.74) is 6.55. The average Bonchev–Trinajstić information content (AvgIpc) is 2.84. The molecular formula is C34H42O2. The minimum Gasteiger partial charge on any atom is -0.461 e. The van der Waals surface area contributed by atoms with Crippen LogP contribution in [0.3, 0.4) is 0 Å².